The third-order valence-corrected chi connectivity index (χ3v) is 6.61. The number of benzene rings is 2. The van der Waals surface area contributed by atoms with Crippen LogP contribution in [0.5, 0.6) is 11.5 Å². The summed E-state index contributed by atoms with van der Waals surface area (Å²) in [4.78, 5) is 43.8. The average Bonchev–Trinajstić information content (AvgIpc) is 3.14. The molecule has 0 N–H and O–H groups in total. The van der Waals surface area contributed by atoms with E-state index in [1.165, 1.54) is 0 Å². The van der Waals surface area contributed by atoms with Gasteiger partial charge in [0.05, 0.1) is 12.8 Å². The minimum atomic E-state index is -0.573. The molecule has 2 aliphatic heterocycles. The zero-order valence-electron chi connectivity index (χ0n) is 20.4. The molecule has 2 aromatic carbocycles. The molecular weight excluding hydrogens is 446 g/mol. The SMILES string of the molecule is COc1ccc(CCC(=O)N2CCCN(C(=O)CCN3C(=O)C(C)Oc4ccccc43)CC2)cc1. The third-order valence-electron chi connectivity index (χ3n) is 6.61. The van der Waals surface area contributed by atoms with E-state index in [2.05, 4.69) is 0 Å². The van der Waals surface area contributed by atoms with Crippen LogP contribution < -0.4 is 14.4 Å². The second kappa shape index (κ2) is 11.3. The van der Waals surface area contributed by atoms with Gasteiger partial charge in [-0.25, -0.2) is 0 Å². The summed E-state index contributed by atoms with van der Waals surface area (Å²) >= 11 is 0. The van der Waals surface area contributed by atoms with Gasteiger partial charge in [0.2, 0.25) is 11.8 Å². The van der Waals surface area contributed by atoms with Crippen LogP contribution in [0, 0.1) is 0 Å². The Morgan fingerprint density at radius 3 is 2.29 bits per heavy atom. The van der Waals surface area contributed by atoms with E-state index in [9.17, 15) is 14.4 Å². The Bertz CT molecular complexity index is 1060. The number of rotatable bonds is 7. The monoisotopic (exact) mass is 479 g/mol. The maximum Gasteiger partial charge on any atom is 0.267 e. The van der Waals surface area contributed by atoms with Gasteiger partial charge < -0.3 is 24.2 Å². The van der Waals surface area contributed by atoms with E-state index in [4.69, 9.17) is 9.47 Å². The van der Waals surface area contributed by atoms with E-state index in [1.54, 1.807) is 18.9 Å². The second-order valence-corrected chi connectivity index (χ2v) is 8.93. The topological polar surface area (TPSA) is 79.4 Å². The number of carbonyl (C=O) groups is 3. The van der Waals surface area contributed by atoms with Crippen LogP contribution in [0.1, 0.15) is 31.7 Å². The first kappa shape index (κ1) is 24.6. The third kappa shape index (κ3) is 5.93. The number of amides is 3. The second-order valence-electron chi connectivity index (χ2n) is 8.93. The minimum Gasteiger partial charge on any atom is -0.497 e. The van der Waals surface area contributed by atoms with Crippen molar-refractivity contribution in [1.29, 1.82) is 0 Å². The lowest BCUT2D eigenvalue weighted by molar-refractivity contribution is -0.133. The largest absolute Gasteiger partial charge is 0.497 e. The molecule has 1 fully saturated rings. The first-order valence-electron chi connectivity index (χ1n) is 12.2. The lowest BCUT2D eigenvalue weighted by Crippen LogP contribution is -2.46. The summed E-state index contributed by atoms with van der Waals surface area (Å²) in [5.41, 5.74) is 1.80. The van der Waals surface area contributed by atoms with Crippen molar-refractivity contribution in [2.45, 2.75) is 38.7 Å². The van der Waals surface area contributed by atoms with Crippen molar-refractivity contribution in [3.05, 3.63) is 54.1 Å². The van der Waals surface area contributed by atoms with Gasteiger partial charge in [-0.3, -0.25) is 14.4 Å². The summed E-state index contributed by atoms with van der Waals surface area (Å²) in [5.74, 6) is 1.43. The molecule has 186 valence electrons. The highest BCUT2D eigenvalue weighted by molar-refractivity contribution is 6.00. The average molecular weight is 480 g/mol. The summed E-state index contributed by atoms with van der Waals surface area (Å²) in [6.07, 6.45) is 1.52. The molecular formula is C27H33N3O5. The molecule has 1 atom stereocenters. The van der Waals surface area contributed by atoms with Gasteiger partial charge in [-0.05, 0) is 49.6 Å². The maximum atomic E-state index is 13.0. The number of aryl methyl sites for hydroxylation is 1. The van der Waals surface area contributed by atoms with Gasteiger partial charge in [0.25, 0.3) is 5.91 Å². The molecule has 0 bridgehead atoms. The molecule has 4 rings (SSSR count). The van der Waals surface area contributed by atoms with Crippen LogP contribution in [0.15, 0.2) is 48.5 Å². The Balaban J connectivity index is 1.27. The van der Waals surface area contributed by atoms with E-state index < -0.39 is 6.10 Å². The molecule has 3 amide bonds. The fourth-order valence-electron chi connectivity index (χ4n) is 4.57. The van der Waals surface area contributed by atoms with Gasteiger partial charge in [-0.15, -0.1) is 0 Å². The number of methoxy groups -OCH3 is 1. The molecule has 2 heterocycles. The summed E-state index contributed by atoms with van der Waals surface area (Å²) in [6.45, 7) is 4.34. The summed E-state index contributed by atoms with van der Waals surface area (Å²) in [7, 11) is 1.63. The van der Waals surface area contributed by atoms with Gasteiger partial charge in [0.1, 0.15) is 11.5 Å². The van der Waals surface area contributed by atoms with E-state index in [0.29, 0.717) is 57.0 Å². The maximum absolute atomic E-state index is 13.0. The molecule has 0 radical (unpaired) electrons. The molecule has 2 aromatic rings. The highest BCUT2D eigenvalue weighted by Crippen LogP contribution is 2.33. The summed E-state index contributed by atoms with van der Waals surface area (Å²) in [5, 5.41) is 0. The number of ether oxygens (including phenoxy) is 2. The van der Waals surface area contributed by atoms with Crippen molar-refractivity contribution in [3.63, 3.8) is 0 Å². The van der Waals surface area contributed by atoms with Crippen molar-refractivity contribution in [2.24, 2.45) is 0 Å². The van der Waals surface area contributed by atoms with Gasteiger partial charge in [0, 0.05) is 45.6 Å². The van der Waals surface area contributed by atoms with Gasteiger partial charge in [0.15, 0.2) is 6.10 Å². The lowest BCUT2D eigenvalue weighted by Gasteiger charge is -2.33. The Morgan fingerprint density at radius 2 is 1.60 bits per heavy atom. The van der Waals surface area contributed by atoms with Crippen molar-refractivity contribution >= 4 is 23.4 Å². The van der Waals surface area contributed by atoms with E-state index in [-0.39, 0.29) is 24.1 Å². The number of anilines is 1. The molecule has 0 saturated carbocycles. The number of hydrogen-bond acceptors (Lipinski definition) is 5. The van der Waals surface area contributed by atoms with Crippen LogP contribution in [0.3, 0.4) is 0 Å². The van der Waals surface area contributed by atoms with Crippen LogP contribution in [-0.2, 0) is 20.8 Å². The number of fused-ring (bicyclic) bond motifs is 1. The fourth-order valence-corrected chi connectivity index (χ4v) is 4.57. The number of para-hydroxylation sites is 2. The standard InChI is InChI=1S/C27H33N3O5/c1-20-27(33)30(23-6-3-4-7-24(23)35-20)17-14-26(32)29-16-5-15-28(18-19-29)25(31)13-10-21-8-11-22(34-2)12-9-21/h3-4,6-9,11-12,20H,5,10,13-19H2,1-2H3. The summed E-state index contributed by atoms with van der Waals surface area (Å²) in [6, 6.07) is 15.2. The predicted octanol–water partition coefficient (Wildman–Crippen LogP) is 2.89. The fraction of sp³-hybridized carbons (Fsp3) is 0.444. The minimum absolute atomic E-state index is 0.00181. The molecule has 8 nitrogen and oxygen atoms in total. The quantitative estimate of drug-likeness (QED) is 0.610. The first-order valence-corrected chi connectivity index (χ1v) is 12.2. The Kier molecular flexibility index (Phi) is 7.90. The van der Waals surface area contributed by atoms with Crippen molar-refractivity contribution in [2.75, 3.05) is 44.7 Å². The van der Waals surface area contributed by atoms with Gasteiger partial charge >= 0.3 is 0 Å². The highest BCUT2D eigenvalue weighted by Gasteiger charge is 2.32. The zero-order valence-corrected chi connectivity index (χ0v) is 20.4. The molecule has 1 unspecified atom stereocenters. The molecule has 2 aliphatic rings. The van der Waals surface area contributed by atoms with E-state index in [0.717, 1.165) is 17.7 Å². The smallest absolute Gasteiger partial charge is 0.267 e. The molecule has 0 spiro atoms. The van der Waals surface area contributed by atoms with E-state index in [1.807, 2.05) is 58.3 Å². The van der Waals surface area contributed by atoms with Crippen LogP contribution in [0.4, 0.5) is 5.69 Å². The van der Waals surface area contributed by atoms with Crippen molar-refractivity contribution in [3.8, 4) is 11.5 Å². The Hall–Kier alpha value is -3.55. The van der Waals surface area contributed by atoms with Crippen LogP contribution in [-0.4, -0.2) is 73.5 Å². The predicted molar refractivity (Wildman–Crippen MR) is 133 cm³/mol. The first-order chi connectivity index (χ1) is 17.0. The van der Waals surface area contributed by atoms with Crippen LogP contribution in [0.2, 0.25) is 0 Å². The van der Waals surface area contributed by atoms with Crippen molar-refractivity contribution < 1.29 is 23.9 Å². The zero-order chi connectivity index (χ0) is 24.8. The Morgan fingerprint density at radius 1 is 0.943 bits per heavy atom. The summed E-state index contributed by atoms with van der Waals surface area (Å²) < 4.78 is 10.9. The Labute approximate surface area is 206 Å². The van der Waals surface area contributed by atoms with Gasteiger partial charge in [-0.1, -0.05) is 24.3 Å². The molecule has 8 heteroatoms. The molecule has 35 heavy (non-hydrogen) atoms. The van der Waals surface area contributed by atoms with E-state index >= 15 is 0 Å². The number of carbonyl (C=O) groups excluding carboxylic acids is 3. The number of hydrogen-bond donors (Lipinski definition) is 0. The van der Waals surface area contributed by atoms with Crippen LogP contribution in [0.25, 0.3) is 0 Å². The normalized spacial score (nSPS) is 17.9. The van der Waals surface area contributed by atoms with Gasteiger partial charge in [-0.2, -0.15) is 0 Å². The highest BCUT2D eigenvalue weighted by atomic mass is 16.5. The molecule has 0 aromatic heterocycles. The molecule has 0 aliphatic carbocycles. The van der Waals surface area contributed by atoms with Crippen molar-refractivity contribution in [1.82, 2.24) is 9.80 Å². The lowest BCUT2D eigenvalue weighted by atomic mass is 10.1. The molecule has 1 saturated heterocycles. The van der Waals surface area contributed by atoms with Crippen LogP contribution >= 0.6 is 0 Å². The number of nitrogens with zero attached hydrogens (tertiary/aromatic N) is 3.